The van der Waals surface area contributed by atoms with Gasteiger partial charge in [0.2, 0.25) is 0 Å². The molecule has 0 aliphatic heterocycles. The van der Waals surface area contributed by atoms with Gasteiger partial charge in [-0.15, -0.1) is 10.2 Å². The standard InChI is InChI=1S/C22H25N3OS/c1-6-25-21(19-10-8-7-9-15(19)3)23-24-22(25)27-17(5)20(26)18-12-11-14(2)16(4)13-18/h7-13,17H,6H2,1-5H3/t17-/m0/s1. The van der Waals surface area contributed by atoms with Crippen molar-refractivity contribution >= 4 is 17.5 Å². The maximum absolute atomic E-state index is 12.9. The Hall–Kier alpha value is -2.40. The molecule has 140 valence electrons. The van der Waals surface area contributed by atoms with Gasteiger partial charge in [0.25, 0.3) is 0 Å². The first kappa shape index (κ1) is 19.4. The normalized spacial score (nSPS) is 12.2. The Morgan fingerprint density at radius 3 is 2.44 bits per heavy atom. The average Bonchev–Trinajstić information content (AvgIpc) is 3.06. The van der Waals surface area contributed by atoms with Crippen LogP contribution < -0.4 is 0 Å². The first-order chi connectivity index (χ1) is 12.9. The largest absolute Gasteiger partial charge is 0.302 e. The van der Waals surface area contributed by atoms with Crippen LogP contribution in [-0.4, -0.2) is 25.8 Å². The van der Waals surface area contributed by atoms with Gasteiger partial charge in [-0.1, -0.05) is 48.2 Å². The Labute approximate surface area is 165 Å². The molecule has 0 fully saturated rings. The zero-order valence-electron chi connectivity index (χ0n) is 16.5. The molecule has 0 radical (unpaired) electrons. The lowest BCUT2D eigenvalue weighted by atomic mass is 10.0. The van der Waals surface area contributed by atoms with Crippen LogP contribution in [0.2, 0.25) is 0 Å². The van der Waals surface area contributed by atoms with Gasteiger partial charge in [0, 0.05) is 17.7 Å². The Morgan fingerprint density at radius 2 is 1.78 bits per heavy atom. The molecule has 3 rings (SSSR count). The summed E-state index contributed by atoms with van der Waals surface area (Å²) in [6.45, 7) is 10.9. The maximum atomic E-state index is 12.9. The molecule has 5 heteroatoms. The Bertz CT molecular complexity index is 977. The number of nitrogens with zero attached hydrogens (tertiary/aromatic N) is 3. The van der Waals surface area contributed by atoms with E-state index in [4.69, 9.17) is 0 Å². The molecule has 2 aromatic carbocycles. The van der Waals surface area contributed by atoms with Crippen molar-refractivity contribution in [3.05, 3.63) is 64.7 Å². The first-order valence-corrected chi connectivity index (χ1v) is 10.1. The van der Waals surface area contributed by atoms with Crippen LogP contribution in [0.25, 0.3) is 11.4 Å². The molecular weight excluding hydrogens is 354 g/mol. The zero-order chi connectivity index (χ0) is 19.6. The van der Waals surface area contributed by atoms with E-state index in [9.17, 15) is 4.79 Å². The fraction of sp³-hybridized carbons (Fsp3) is 0.318. The van der Waals surface area contributed by atoms with Crippen molar-refractivity contribution in [2.75, 3.05) is 0 Å². The summed E-state index contributed by atoms with van der Waals surface area (Å²) in [5.74, 6) is 0.968. The number of benzene rings is 2. The number of hydrogen-bond acceptors (Lipinski definition) is 4. The molecule has 0 saturated heterocycles. The van der Waals surface area contributed by atoms with Crippen molar-refractivity contribution in [2.45, 2.75) is 51.6 Å². The summed E-state index contributed by atoms with van der Waals surface area (Å²) in [6, 6.07) is 14.0. The van der Waals surface area contributed by atoms with Crippen LogP contribution in [0.5, 0.6) is 0 Å². The monoisotopic (exact) mass is 379 g/mol. The van der Waals surface area contributed by atoms with E-state index in [0.717, 1.165) is 39.8 Å². The molecule has 0 N–H and O–H groups in total. The number of carbonyl (C=O) groups excluding carboxylic acids is 1. The molecule has 0 spiro atoms. The maximum Gasteiger partial charge on any atom is 0.192 e. The summed E-state index contributed by atoms with van der Waals surface area (Å²) in [5.41, 5.74) is 5.32. The predicted octanol–water partition coefficient (Wildman–Crippen LogP) is 5.25. The molecule has 1 heterocycles. The molecule has 0 unspecified atom stereocenters. The zero-order valence-corrected chi connectivity index (χ0v) is 17.3. The molecule has 27 heavy (non-hydrogen) atoms. The molecule has 1 aromatic heterocycles. The van der Waals surface area contributed by atoms with Gasteiger partial charge in [-0.05, 0) is 57.4 Å². The number of Topliss-reactive ketones (excluding diaryl/α,β-unsaturated/α-hetero) is 1. The Morgan fingerprint density at radius 1 is 1.04 bits per heavy atom. The van der Waals surface area contributed by atoms with Gasteiger partial charge < -0.3 is 4.57 Å². The van der Waals surface area contributed by atoms with E-state index in [2.05, 4.69) is 47.7 Å². The van der Waals surface area contributed by atoms with Crippen molar-refractivity contribution in [2.24, 2.45) is 0 Å². The smallest absolute Gasteiger partial charge is 0.192 e. The third-order valence-corrected chi connectivity index (χ3v) is 5.94. The molecule has 0 saturated carbocycles. The molecule has 0 amide bonds. The minimum atomic E-state index is -0.230. The van der Waals surface area contributed by atoms with E-state index in [1.807, 2.05) is 44.2 Å². The van der Waals surface area contributed by atoms with E-state index in [1.54, 1.807) is 0 Å². The molecule has 0 bridgehead atoms. The number of carbonyl (C=O) groups is 1. The van der Waals surface area contributed by atoms with Gasteiger partial charge in [0.05, 0.1) is 5.25 Å². The molecule has 0 aliphatic carbocycles. The highest BCUT2D eigenvalue weighted by atomic mass is 32.2. The van der Waals surface area contributed by atoms with E-state index < -0.39 is 0 Å². The second kappa shape index (κ2) is 8.09. The highest BCUT2D eigenvalue weighted by Crippen LogP contribution is 2.29. The van der Waals surface area contributed by atoms with Gasteiger partial charge in [-0.3, -0.25) is 4.79 Å². The lowest BCUT2D eigenvalue weighted by molar-refractivity contribution is 0.0993. The van der Waals surface area contributed by atoms with Crippen molar-refractivity contribution < 1.29 is 4.79 Å². The van der Waals surface area contributed by atoms with Crippen LogP contribution in [-0.2, 0) is 6.54 Å². The summed E-state index contributed by atoms with van der Waals surface area (Å²) in [4.78, 5) is 12.9. The quantitative estimate of drug-likeness (QED) is 0.433. The van der Waals surface area contributed by atoms with Crippen LogP contribution in [0.3, 0.4) is 0 Å². The van der Waals surface area contributed by atoms with Crippen LogP contribution in [0.4, 0.5) is 0 Å². The lowest BCUT2D eigenvalue weighted by Gasteiger charge is -2.13. The number of rotatable bonds is 6. The number of aryl methyl sites for hydroxylation is 3. The summed E-state index contributed by atoms with van der Waals surface area (Å²) in [5, 5.41) is 9.33. The molecular formula is C22H25N3OS. The highest BCUT2D eigenvalue weighted by Gasteiger charge is 2.22. The molecule has 1 atom stereocenters. The van der Waals surface area contributed by atoms with E-state index in [1.165, 1.54) is 17.3 Å². The van der Waals surface area contributed by atoms with Crippen molar-refractivity contribution in [3.8, 4) is 11.4 Å². The Balaban J connectivity index is 1.86. The SMILES string of the molecule is CCn1c(S[C@@H](C)C(=O)c2ccc(C)c(C)c2)nnc1-c1ccccc1C. The summed E-state index contributed by atoms with van der Waals surface area (Å²) in [7, 11) is 0. The van der Waals surface area contributed by atoms with Gasteiger partial charge in [0.1, 0.15) is 0 Å². The fourth-order valence-electron chi connectivity index (χ4n) is 3.02. The minimum absolute atomic E-state index is 0.117. The van der Waals surface area contributed by atoms with Gasteiger partial charge in [0.15, 0.2) is 16.8 Å². The number of ketones is 1. The molecule has 3 aromatic rings. The molecule has 0 aliphatic rings. The van der Waals surface area contributed by atoms with E-state index in [-0.39, 0.29) is 11.0 Å². The van der Waals surface area contributed by atoms with Gasteiger partial charge in [-0.25, -0.2) is 0 Å². The van der Waals surface area contributed by atoms with Gasteiger partial charge in [-0.2, -0.15) is 0 Å². The van der Waals surface area contributed by atoms with Gasteiger partial charge >= 0.3 is 0 Å². The summed E-state index contributed by atoms with van der Waals surface area (Å²) < 4.78 is 2.08. The van der Waals surface area contributed by atoms with Crippen molar-refractivity contribution in [1.29, 1.82) is 0 Å². The third kappa shape index (κ3) is 3.98. The summed E-state index contributed by atoms with van der Waals surface area (Å²) in [6.07, 6.45) is 0. The number of hydrogen-bond donors (Lipinski definition) is 0. The molecule has 4 nitrogen and oxygen atoms in total. The fourth-order valence-corrected chi connectivity index (χ4v) is 4.02. The van der Waals surface area contributed by atoms with Crippen LogP contribution in [0.15, 0.2) is 47.6 Å². The highest BCUT2D eigenvalue weighted by molar-refractivity contribution is 8.00. The second-order valence-electron chi connectivity index (χ2n) is 6.79. The van der Waals surface area contributed by atoms with Crippen LogP contribution in [0, 0.1) is 20.8 Å². The van der Waals surface area contributed by atoms with Crippen molar-refractivity contribution in [1.82, 2.24) is 14.8 Å². The number of thioether (sulfide) groups is 1. The van der Waals surface area contributed by atoms with E-state index in [0.29, 0.717) is 0 Å². The lowest BCUT2D eigenvalue weighted by Crippen LogP contribution is -2.15. The summed E-state index contributed by atoms with van der Waals surface area (Å²) >= 11 is 1.47. The minimum Gasteiger partial charge on any atom is -0.302 e. The second-order valence-corrected chi connectivity index (χ2v) is 8.10. The third-order valence-electron chi connectivity index (χ3n) is 4.86. The first-order valence-electron chi connectivity index (χ1n) is 9.19. The Kier molecular flexibility index (Phi) is 5.80. The average molecular weight is 380 g/mol. The van der Waals surface area contributed by atoms with Crippen LogP contribution >= 0.6 is 11.8 Å². The van der Waals surface area contributed by atoms with Crippen molar-refractivity contribution in [3.63, 3.8) is 0 Å². The predicted molar refractivity (Wildman–Crippen MR) is 111 cm³/mol. The van der Waals surface area contributed by atoms with Crippen LogP contribution in [0.1, 0.15) is 40.9 Å². The topological polar surface area (TPSA) is 47.8 Å². The number of aromatic nitrogens is 3. The van der Waals surface area contributed by atoms with E-state index >= 15 is 0 Å².